The van der Waals surface area contributed by atoms with Gasteiger partial charge < -0.3 is 15.1 Å². The van der Waals surface area contributed by atoms with Crippen LogP contribution in [0.1, 0.15) is 22.3 Å². The number of benzene rings is 2. The lowest BCUT2D eigenvalue weighted by Gasteiger charge is -2.07. The molecule has 0 fully saturated rings. The second kappa shape index (κ2) is 7.11. The van der Waals surface area contributed by atoms with E-state index >= 15 is 0 Å². The summed E-state index contributed by atoms with van der Waals surface area (Å²) < 4.78 is 6.77. The molecule has 2 N–H and O–H groups in total. The number of aromatic nitrogens is 1. The van der Waals surface area contributed by atoms with Crippen LogP contribution in [-0.4, -0.2) is 29.4 Å². The maximum absolute atomic E-state index is 12.5. The fraction of sp³-hybridized carbons (Fsp3) is 0.250. The monoisotopic (exact) mass is 364 g/mol. The van der Waals surface area contributed by atoms with Crippen LogP contribution in [0.3, 0.4) is 0 Å². The van der Waals surface area contributed by atoms with Crippen molar-refractivity contribution in [3.63, 3.8) is 0 Å². The number of hydrogen-bond donors (Lipinski definition) is 2. The third-order valence-electron chi connectivity index (χ3n) is 4.53. The molecule has 0 spiro atoms. The number of aryl methyl sites for hydroxylation is 2. The summed E-state index contributed by atoms with van der Waals surface area (Å²) in [6, 6.07) is 12.8. The van der Waals surface area contributed by atoms with E-state index in [4.69, 9.17) is 4.42 Å². The van der Waals surface area contributed by atoms with Crippen molar-refractivity contribution in [1.82, 2.24) is 9.88 Å². The Balaban J connectivity index is 1.43. The van der Waals surface area contributed by atoms with Gasteiger partial charge in [-0.1, -0.05) is 6.07 Å². The number of oxazole rings is 1. The molecule has 0 aliphatic carbocycles. The number of guanidine groups is 1. The van der Waals surface area contributed by atoms with Gasteiger partial charge >= 0.3 is 5.76 Å². The van der Waals surface area contributed by atoms with Crippen molar-refractivity contribution >= 4 is 28.5 Å². The predicted molar refractivity (Wildman–Crippen MR) is 105 cm³/mol. The fourth-order valence-electron chi connectivity index (χ4n) is 3.10. The highest BCUT2D eigenvalue weighted by molar-refractivity contribution is 5.98. The first-order chi connectivity index (χ1) is 13.1. The van der Waals surface area contributed by atoms with Gasteiger partial charge in [0.2, 0.25) is 0 Å². The van der Waals surface area contributed by atoms with E-state index in [-0.39, 0.29) is 18.7 Å². The van der Waals surface area contributed by atoms with Gasteiger partial charge in [-0.15, -0.1) is 0 Å². The molecule has 3 aromatic rings. The molecule has 1 aliphatic rings. The lowest BCUT2D eigenvalue weighted by molar-refractivity contribution is 0.0977. The second-order valence-electron chi connectivity index (χ2n) is 6.52. The van der Waals surface area contributed by atoms with E-state index in [1.165, 1.54) is 4.57 Å². The minimum absolute atomic E-state index is 0.0220. The number of rotatable bonds is 5. The summed E-state index contributed by atoms with van der Waals surface area (Å²) in [5.41, 5.74) is 3.76. The number of Topliss-reactive ketones (excluding diaryl/α,β-unsaturated/α-hetero) is 1. The van der Waals surface area contributed by atoms with Crippen LogP contribution >= 0.6 is 0 Å². The average molecular weight is 364 g/mol. The number of nitrogens with zero attached hydrogens (tertiary/aromatic N) is 2. The molecule has 7 heteroatoms. The van der Waals surface area contributed by atoms with Crippen molar-refractivity contribution in [1.29, 1.82) is 0 Å². The Labute approximate surface area is 155 Å². The highest BCUT2D eigenvalue weighted by Crippen LogP contribution is 2.16. The van der Waals surface area contributed by atoms with Crippen LogP contribution < -0.4 is 16.4 Å². The Morgan fingerprint density at radius 1 is 1.26 bits per heavy atom. The molecule has 0 atom stereocenters. The molecule has 0 saturated carbocycles. The molecular formula is C20H20N4O3. The molecule has 2 heterocycles. The number of carbonyl (C=O) groups excluding carboxylic acids is 1. The molecule has 0 unspecified atom stereocenters. The summed E-state index contributed by atoms with van der Waals surface area (Å²) in [7, 11) is 0. The first-order valence-electron chi connectivity index (χ1n) is 8.89. The van der Waals surface area contributed by atoms with Crippen LogP contribution in [0, 0.1) is 6.92 Å². The molecule has 2 aromatic carbocycles. The third-order valence-corrected chi connectivity index (χ3v) is 4.53. The lowest BCUT2D eigenvalue weighted by Crippen LogP contribution is -2.26. The summed E-state index contributed by atoms with van der Waals surface area (Å²) in [5.74, 6) is 0.287. The summed E-state index contributed by atoms with van der Waals surface area (Å²) in [6.07, 6.45) is 0.226. The number of ketones is 1. The van der Waals surface area contributed by atoms with Gasteiger partial charge in [0.25, 0.3) is 0 Å². The first kappa shape index (κ1) is 17.1. The molecule has 0 amide bonds. The number of nitrogens with one attached hydrogen (secondary N) is 2. The fourth-order valence-corrected chi connectivity index (χ4v) is 3.10. The standard InChI is InChI=1S/C20H20N4O3/c1-13-2-7-16-18(12-13)27-20(26)24(16)11-8-17(25)14-3-5-15(6-4-14)23-19-21-9-10-22-19/h2-7,12H,8-11H2,1H3,(H2,21,22,23). The highest BCUT2D eigenvalue weighted by Gasteiger charge is 2.12. The van der Waals surface area contributed by atoms with Crippen molar-refractivity contribution in [2.75, 3.05) is 18.4 Å². The minimum Gasteiger partial charge on any atom is -0.408 e. The molecule has 1 aromatic heterocycles. The van der Waals surface area contributed by atoms with Gasteiger partial charge in [-0.25, -0.2) is 4.79 Å². The topological polar surface area (TPSA) is 88.6 Å². The number of aliphatic imine (C=N–C) groups is 1. The quantitative estimate of drug-likeness (QED) is 0.679. The van der Waals surface area contributed by atoms with Crippen LogP contribution in [0.2, 0.25) is 0 Å². The molecule has 0 saturated heterocycles. The zero-order valence-electron chi connectivity index (χ0n) is 15.0. The molecule has 1 aliphatic heterocycles. The molecule has 4 rings (SSSR count). The van der Waals surface area contributed by atoms with E-state index in [0.717, 1.165) is 30.3 Å². The third kappa shape index (κ3) is 3.62. The molecule has 27 heavy (non-hydrogen) atoms. The van der Waals surface area contributed by atoms with E-state index in [0.29, 0.717) is 16.7 Å². The molecule has 7 nitrogen and oxygen atoms in total. The van der Waals surface area contributed by atoms with Crippen LogP contribution in [-0.2, 0) is 6.54 Å². The number of anilines is 1. The molecular weight excluding hydrogens is 344 g/mol. The van der Waals surface area contributed by atoms with Gasteiger partial charge in [-0.3, -0.25) is 14.4 Å². The smallest absolute Gasteiger partial charge is 0.408 e. The maximum Gasteiger partial charge on any atom is 0.419 e. The Hall–Kier alpha value is -3.35. The number of fused-ring (bicyclic) bond motifs is 1. The van der Waals surface area contributed by atoms with Gasteiger partial charge in [0.15, 0.2) is 17.3 Å². The maximum atomic E-state index is 12.5. The van der Waals surface area contributed by atoms with Gasteiger partial charge in [0.05, 0.1) is 12.1 Å². The Kier molecular flexibility index (Phi) is 4.50. The summed E-state index contributed by atoms with van der Waals surface area (Å²) in [6.45, 7) is 3.82. The van der Waals surface area contributed by atoms with E-state index in [9.17, 15) is 9.59 Å². The predicted octanol–water partition coefficient (Wildman–Crippen LogP) is 2.55. The van der Waals surface area contributed by atoms with Crippen LogP contribution in [0.5, 0.6) is 0 Å². The molecule has 0 radical (unpaired) electrons. The van der Waals surface area contributed by atoms with Crippen molar-refractivity contribution in [3.05, 3.63) is 64.1 Å². The van der Waals surface area contributed by atoms with Gasteiger partial charge in [0, 0.05) is 30.8 Å². The summed E-state index contributed by atoms with van der Waals surface area (Å²) in [5, 5.41) is 6.30. The largest absolute Gasteiger partial charge is 0.419 e. The van der Waals surface area contributed by atoms with Crippen molar-refractivity contribution < 1.29 is 9.21 Å². The Morgan fingerprint density at radius 2 is 2.07 bits per heavy atom. The first-order valence-corrected chi connectivity index (χ1v) is 8.89. The van der Waals surface area contributed by atoms with Gasteiger partial charge in [0.1, 0.15) is 0 Å². The van der Waals surface area contributed by atoms with Crippen LogP contribution in [0.25, 0.3) is 11.1 Å². The second-order valence-corrected chi connectivity index (χ2v) is 6.52. The van der Waals surface area contributed by atoms with Crippen LogP contribution in [0.15, 0.2) is 56.7 Å². The zero-order chi connectivity index (χ0) is 18.8. The van der Waals surface area contributed by atoms with E-state index < -0.39 is 5.76 Å². The lowest BCUT2D eigenvalue weighted by atomic mass is 10.1. The Morgan fingerprint density at radius 3 is 2.81 bits per heavy atom. The normalized spacial score (nSPS) is 13.4. The minimum atomic E-state index is -0.437. The zero-order valence-corrected chi connectivity index (χ0v) is 15.0. The highest BCUT2D eigenvalue weighted by atomic mass is 16.4. The van der Waals surface area contributed by atoms with Crippen molar-refractivity contribution in [2.45, 2.75) is 19.9 Å². The average Bonchev–Trinajstić information content (AvgIpc) is 3.27. The number of carbonyl (C=O) groups is 1. The van der Waals surface area contributed by atoms with E-state index in [1.807, 2.05) is 37.3 Å². The van der Waals surface area contributed by atoms with Gasteiger partial charge in [-0.05, 0) is 48.9 Å². The SMILES string of the molecule is Cc1ccc2c(c1)oc(=O)n2CCC(=O)c1ccc(NC2=NCCN2)cc1. The summed E-state index contributed by atoms with van der Waals surface area (Å²) in [4.78, 5) is 28.8. The van der Waals surface area contributed by atoms with Crippen molar-refractivity contribution in [2.24, 2.45) is 4.99 Å². The van der Waals surface area contributed by atoms with Crippen LogP contribution in [0.4, 0.5) is 5.69 Å². The molecule has 0 bridgehead atoms. The van der Waals surface area contributed by atoms with E-state index in [2.05, 4.69) is 15.6 Å². The van der Waals surface area contributed by atoms with Gasteiger partial charge in [-0.2, -0.15) is 0 Å². The number of hydrogen-bond acceptors (Lipinski definition) is 6. The Bertz CT molecular complexity index is 1080. The summed E-state index contributed by atoms with van der Waals surface area (Å²) >= 11 is 0. The molecule has 138 valence electrons. The van der Waals surface area contributed by atoms with E-state index in [1.54, 1.807) is 12.1 Å². The van der Waals surface area contributed by atoms with Crippen molar-refractivity contribution in [3.8, 4) is 0 Å².